The molecular formula is C18H15F3N4O2S2. The van der Waals surface area contributed by atoms with E-state index in [0.717, 1.165) is 24.0 Å². The minimum Gasteiger partial charge on any atom is -0.495 e. The second kappa shape index (κ2) is 8.78. The number of rotatable bonds is 6. The maximum atomic E-state index is 12.8. The number of carbonyl (C=O) groups excluding carboxylic acids is 1. The third kappa shape index (κ3) is 5.04. The lowest BCUT2D eigenvalue weighted by atomic mass is 10.2. The molecule has 2 aromatic heterocycles. The fourth-order valence-electron chi connectivity index (χ4n) is 2.39. The van der Waals surface area contributed by atoms with Gasteiger partial charge in [0.25, 0.3) is 0 Å². The number of thiazole rings is 1. The van der Waals surface area contributed by atoms with Gasteiger partial charge in [0.15, 0.2) is 10.3 Å². The number of methoxy groups -OCH3 is 1. The van der Waals surface area contributed by atoms with Gasteiger partial charge in [-0.25, -0.2) is 15.0 Å². The van der Waals surface area contributed by atoms with Crippen LogP contribution < -0.4 is 9.64 Å². The van der Waals surface area contributed by atoms with E-state index in [1.54, 1.807) is 29.6 Å². The second-order valence-corrected chi connectivity index (χ2v) is 7.44. The van der Waals surface area contributed by atoms with Gasteiger partial charge in [0.1, 0.15) is 11.4 Å². The molecule has 1 aromatic carbocycles. The van der Waals surface area contributed by atoms with Gasteiger partial charge in [0.2, 0.25) is 5.91 Å². The number of hydrogen-bond donors (Lipinski definition) is 0. The molecule has 29 heavy (non-hydrogen) atoms. The van der Waals surface area contributed by atoms with Crippen LogP contribution in [0.1, 0.15) is 18.3 Å². The number of amides is 1. The first-order chi connectivity index (χ1) is 13.8. The number of carbonyl (C=O) groups is 1. The number of thioether (sulfide) groups is 1. The molecule has 3 rings (SSSR count). The normalized spacial score (nSPS) is 11.3. The predicted molar refractivity (Wildman–Crippen MR) is 105 cm³/mol. The quantitative estimate of drug-likeness (QED) is 0.400. The highest BCUT2D eigenvalue weighted by Gasteiger charge is 2.32. The summed E-state index contributed by atoms with van der Waals surface area (Å²) < 4.78 is 43.6. The van der Waals surface area contributed by atoms with E-state index in [0.29, 0.717) is 22.3 Å². The Hall–Kier alpha value is -2.66. The number of aromatic nitrogens is 3. The van der Waals surface area contributed by atoms with Crippen LogP contribution in [0.3, 0.4) is 0 Å². The van der Waals surface area contributed by atoms with E-state index < -0.39 is 11.9 Å². The number of alkyl halides is 3. The molecule has 0 aliphatic rings. The molecule has 0 unspecified atom stereocenters. The summed E-state index contributed by atoms with van der Waals surface area (Å²) in [4.78, 5) is 25.5. The van der Waals surface area contributed by atoms with Gasteiger partial charge in [0.05, 0.1) is 18.5 Å². The number of para-hydroxylation sites is 2. The van der Waals surface area contributed by atoms with E-state index in [1.807, 2.05) is 0 Å². The highest BCUT2D eigenvalue weighted by Crippen LogP contribution is 2.36. The van der Waals surface area contributed by atoms with Gasteiger partial charge in [-0.05, 0) is 18.2 Å². The molecule has 6 nitrogen and oxygen atoms in total. The third-order valence-electron chi connectivity index (χ3n) is 3.64. The van der Waals surface area contributed by atoms with Crippen LogP contribution in [0, 0.1) is 0 Å². The topological polar surface area (TPSA) is 68.2 Å². The van der Waals surface area contributed by atoms with E-state index in [4.69, 9.17) is 4.74 Å². The van der Waals surface area contributed by atoms with Crippen LogP contribution in [-0.4, -0.2) is 28.0 Å². The molecule has 0 aliphatic heterocycles. The zero-order valence-electron chi connectivity index (χ0n) is 15.3. The van der Waals surface area contributed by atoms with E-state index >= 15 is 0 Å². The lowest BCUT2D eigenvalue weighted by Crippen LogP contribution is -2.23. The van der Waals surface area contributed by atoms with Crippen molar-refractivity contribution in [1.82, 2.24) is 15.0 Å². The van der Waals surface area contributed by atoms with Crippen molar-refractivity contribution in [2.75, 3.05) is 12.0 Å². The van der Waals surface area contributed by atoms with Crippen molar-refractivity contribution < 1.29 is 22.7 Å². The number of hydrogen-bond acceptors (Lipinski definition) is 7. The molecule has 11 heteroatoms. The molecule has 0 atom stereocenters. The van der Waals surface area contributed by atoms with Crippen molar-refractivity contribution >= 4 is 39.8 Å². The van der Waals surface area contributed by atoms with Crippen molar-refractivity contribution in [3.8, 4) is 5.75 Å². The largest absolute Gasteiger partial charge is 0.495 e. The van der Waals surface area contributed by atoms with Crippen LogP contribution >= 0.6 is 23.1 Å². The van der Waals surface area contributed by atoms with Gasteiger partial charge in [-0.3, -0.25) is 9.69 Å². The van der Waals surface area contributed by atoms with Gasteiger partial charge < -0.3 is 4.74 Å². The zero-order chi connectivity index (χ0) is 21.0. The first-order valence-electron chi connectivity index (χ1n) is 8.20. The number of anilines is 2. The van der Waals surface area contributed by atoms with Gasteiger partial charge in [-0.15, -0.1) is 11.3 Å². The first-order valence-corrected chi connectivity index (χ1v) is 10.1. The Kier molecular flexibility index (Phi) is 6.38. The predicted octanol–water partition coefficient (Wildman–Crippen LogP) is 4.94. The summed E-state index contributed by atoms with van der Waals surface area (Å²) in [5, 5.41) is 2.17. The number of halogens is 3. The molecule has 152 valence electrons. The van der Waals surface area contributed by atoms with Crippen molar-refractivity contribution in [2.45, 2.75) is 24.0 Å². The summed E-state index contributed by atoms with van der Waals surface area (Å²) in [6.07, 6.45) is -3.45. The lowest BCUT2D eigenvalue weighted by molar-refractivity contribution is -0.141. The Morgan fingerprint density at radius 3 is 2.69 bits per heavy atom. The van der Waals surface area contributed by atoms with Crippen LogP contribution in [0.2, 0.25) is 0 Å². The fourth-order valence-corrected chi connectivity index (χ4v) is 4.10. The number of nitrogens with zero attached hydrogens (tertiary/aromatic N) is 4. The fraction of sp³-hybridized carbons (Fsp3) is 0.222. The highest BCUT2D eigenvalue weighted by atomic mass is 32.2. The molecule has 0 saturated heterocycles. The average Bonchev–Trinajstić information content (AvgIpc) is 3.14. The van der Waals surface area contributed by atoms with Gasteiger partial charge in [-0.1, -0.05) is 23.9 Å². The lowest BCUT2D eigenvalue weighted by Gasteiger charge is -2.20. The second-order valence-electron chi connectivity index (χ2n) is 5.66. The van der Waals surface area contributed by atoms with Gasteiger partial charge >= 0.3 is 6.18 Å². The highest BCUT2D eigenvalue weighted by molar-refractivity contribution is 7.98. The molecule has 0 radical (unpaired) electrons. The van der Waals surface area contributed by atoms with Crippen LogP contribution in [0.15, 0.2) is 47.1 Å². The SMILES string of the molecule is COc1ccccc1N(C(C)=O)c1nc(CSc2nccc(C(F)(F)F)n2)cs1. The van der Waals surface area contributed by atoms with E-state index in [1.165, 1.54) is 30.3 Å². The van der Waals surface area contributed by atoms with Crippen LogP contribution in [0.4, 0.5) is 24.0 Å². The summed E-state index contributed by atoms with van der Waals surface area (Å²) >= 11 is 2.28. The van der Waals surface area contributed by atoms with Crippen molar-refractivity contribution in [3.05, 3.63) is 53.3 Å². The summed E-state index contributed by atoms with van der Waals surface area (Å²) in [6, 6.07) is 7.87. The molecule has 0 N–H and O–H groups in total. The van der Waals surface area contributed by atoms with Crippen LogP contribution in [0.5, 0.6) is 5.75 Å². The molecule has 3 aromatic rings. The monoisotopic (exact) mass is 440 g/mol. The molecule has 1 amide bonds. The average molecular weight is 440 g/mol. The maximum Gasteiger partial charge on any atom is 0.433 e. The summed E-state index contributed by atoms with van der Waals surface area (Å²) in [7, 11) is 1.51. The van der Waals surface area contributed by atoms with Crippen LogP contribution in [0.25, 0.3) is 0 Å². The van der Waals surface area contributed by atoms with Gasteiger partial charge in [0, 0.05) is 24.3 Å². The minimum absolute atomic E-state index is 0.00234. The van der Waals surface area contributed by atoms with Crippen molar-refractivity contribution in [3.63, 3.8) is 0 Å². The molecular weight excluding hydrogens is 425 g/mol. The standard InChI is InChI=1S/C18H15F3N4O2S2/c1-11(26)25(13-5-3-4-6-14(13)27-2)17-23-12(10-29-17)9-28-16-22-8-7-15(24-16)18(19,20)21/h3-8,10H,9H2,1-2H3. The van der Waals surface area contributed by atoms with Crippen molar-refractivity contribution in [2.24, 2.45) is 0 Å². The molecule has 0 fully saturated rings. The minimum atomic E-state index is -4.53. The Morgan fingerprint density at radius 1 is 1.24 bits per heavy atom. The number of benzene rings is 1. The molecule has 0 saturated carbocycles. The Balaban J connectivity index is 1.78. The summed E-state index contributed by atoms with van der Waals surface area (Å²) in [5.41, 5.74) is 0.155. The first kappa shape index (κ1) is 21.1. The Bertz CT molecular complexity index is 1010. The number of ether oxygens (including phenoxy) is 1. The van der Waals surface area contributed by atoms with E-state index in [9.17, 15) is 18.0 Å². The Morgan fingerprint density at radius 2 is 2.00 bits per heavy atom. The third-order valence-corrected chi connectivity index (χ3v) is 5.41. The molecule has 0 aliphatic carbocycles. The molecule has 2 heterocycles. The summed E-state index contributed by atoms with van der Waals surface area (Å²) in [5.74, 6) is 0.533. The maximum absolute atomic E-state index is 12.8. The molecule has 0 spiro atoms. The van der Waals surface area contributed by atoms with Crippen LogP contribution in [-0.2, 0) is 16.7 Å². The van der Waals surface area contributed by atoms with Crippen molar-refractivity contribution in [1.29, 1.82) is 0 Å². The molecule has 0 bridgehead atoms. The summed E-state index contributed by atoms with van der Waals surface area (Å²) in [6.45, 7) is 1.42. The smallest absolute Gasteiger partial charge is 0.433 e. The Labute approximate surface area is 172 Å². The van der Waals surface area contributed by atoms with E-state index in [2.05, 4.69) is 15.0 Å². The van der Waals surface area contributed by atoms with Gasteiger partial charge in [-0.2, -0.15) is 13.2 Å². The van der Waals surface area contributed by atoms with E-state index in [-0.39, 0.29) is 16.8 Å². The zero-order valence-corrected chi connectivity index (χ0v) is 16.9.